The van der Waals surface area contributed by atoms with Crippen LogP contribution in [-0.2, 0) is 14.8 Å². The summed E-state index contributed by atoms with van der Waals surface area (Å²) in [7, 11) is -4.07. The molecule has 4 rings (SSSR count). The molecule has 0 fully saturated rings. The second-order valence-electron chi connectivity index (χ2n) is 7.99. The number of Topliss-reactive ketones (excluding diaryl/α,β-unsaturated/α-hetero) is 1. The number of carbonyl (C=O) groups excluding carboxylic acids is 2. The molecule has 0 unspecified atom stereocenters. The Morgan fingerprint density at radius 2 is 1.66 bits per heavy atom. The van der Waals surface area contributed by atoms with E-state index in [0.29, 0.717) is 34.9 Å². The number of carbonyl (C=O) groups is 2. The highest BCUT2D eigenvalue weighted by molar-refractivity contribution is 7.92. The van der Waals surface area contributed by atoms with E-state index >= 15 is 0 Å². The van der Waals surface area contributed by atoms with E-state index in [9.17, 15) is 18.0 Å². The maximum Gasteiger partial charge on any atom is 0.264 e. The second-order valence-corrected chi connectivity index (χ2v) is 9.85. The van der Waals surface area contributed by atoms with Crippen molar-refractivity contribution in [1.29, 1.82) is 0 Å². The minimum Gasteiger partial charge on any atom is -0.494 e. The summed E-state index contributed by atoms with van der Waals surface area (Å²) in [5.41, 5.74) is 5.37. The van der Waals surface area contributed by atoms with Crippen molar-refractivity contribution in [3.8, 4) is 5.75 Å². The number of ketones is 1. The summed E-state index contributed by atoms with van der Waals surface area (Å²) in [4.78, 5) is 25.0. The molecule has 8 nitrogen and oxygen atoms in total. The Hall–Kier alpha value is -3.98. The van der Waals surface area contributed by atoms with E-state index in [2.05, 4.69) is 10.5 Å². The molecule has 9 heteroatoms. The predicted octanol–water partition coefficient (Wildman–Crippen LogP) is 3.70. The first-order chi connectivity index (χ1) is 16.8. The summed E-state index contributed by atoms with van der Waals surface area (Å²) in [5, 5.41) is 4.12. The highest BCUT2D eigenvalue weighted by Crippen LogP contribution is 2.26. The zero-order valence-electron chi connectivity index (χ0n) is 19.4. The van der Waals surface area contributed by atoms with Crippen LogP contribution in [0.1, 0.15) is 34.8 Å². The van der Waals surface area contributed by atoms with E-state index in [1.54, 1.807) is 60.7 Å². The van der Waals surface area contributed by atoms with E-state index in [-0.39, 0.29) is 17.1 Å². The van der Waals surface area contributed by atoms with Crippen molar-refractivity contribution in [2.75, 3.05) is 17.5 Å². The van der Waals surface area contributed by atoms with E-state index in [4.69, 9.17) is 4.74 Å². The number of ether oxygens (including phenoxy) is 1. The lowest BCUT2D eigenvalue weighted by Crippen LogP contribution is -2.39. The number of anilines is 1. The molecule has 0 radical (unpaired) electrons. The summed E-state index contributed by atoms with van der Waals surface area (Å²) < 4.78 is 33.5. The Morgan fingerprint density at radius 3 is 2.31 bits per heavy atom. The normalized spacial score (nSPS) is 14.0. The number of nitrogens with one attached hydrogen (secondary N) is 1. The minimum absolute atomic E-state index is 0.0240. The Labute approximate surface area is 204 Å². The van der Waals surface area contributed by atoms with Crippen LogP contribution in [0.4, 0.5) is 5.69 Å². The molecule has 0 aromatic heterocycles. The highest BCUT2D eigenvalue weighted by Gasteiger charge is 2.28. The molecular formula is C26H25N3O5S. The Kier molecular flexibility index (Phi) is 6.97. The molecule has 0 saturated heterocycles. The topological polar surface area (TPSA) is 105 Å². The standard InChI is InChI=1S/C26H25N3O5S/c1-3-34-20-12-14-21(15-13-20)35(32,33)29(19-10-8-18(2)9-11-19)17-26(31)28-27-24-16-25(30)23-7-5-4-6-22(23)24/h4-15H,3,16-17H2,1-2H3,(H,28,31)/b27-24-. The largest absolute Gasteiger partial charge is 0.494 e. The van der Waals surface area contributed by atoms with Gasteiger partial charge in [0.1, 0.15) is 12.3 Å². The van der Waals surface area contributed by atoms with Crippen molar-refractivity contribution in [1.82, 2.24) is 5.43 Å². The number of aryl methyl sites for hydroxylation is 1. The Morgan fingerprint density at radius 1 is 1.00 bits per heavy atom. The summed E-state index contributed by atoms with van der Waals surface area (Å²) >= 11 is 0. The summed E-state index contributed by atoms with van der Waals surface area (Å²) in [6.07, 6.45) is 0.0752. The molecule has 1 aliphatic carbocycles. The van der Waals surface area contributed by atoms with E-state index < -0.39 is 22.5 Å². The molecule has 3 aromatic rings. The van der Waals surface area contributed by atoms with Crippen molar-refractivity contribution < 1.29 is 22.7 Å². The number of hydrogen-bond donors (Lipinski definition) is 1. The maximum atomic E-state index is 13.5. The molecular weight excluding hydrogens is 466 g/mol. The van der Waals surface area contributed by atoms with Gasteiger partial charge in [-0.05, 0) is 50.2 Å². The molecule has 35 heavy (non-hydrogen) atoms. The van der Waals surface area contributed by atoms with Gasteiger partial charge in [0.2, 0.25) is 0 Å². The van der Waals surface area contributed by atoms with Gasteiger partial charge < -0.3 is 4.74 Å². The van der Waals surface area contributed by atoms with Gasteiger partial charge in [-0.25, -0.2) is 13.8 Å². The SMILES string of the molecule is CCOc1ccc(S(=O)(=O)N(CC(=O)N/N=C2/CC(=O)c3ccccc32)c2ccc(C)cc2)cc1. The number of rotatable bonds is 8. The first-order valence-electron chi connectivity index (χ1n) is 11.1. The molecule has 1 amide bonds. The third-order valence-corrected chi connectivity index (χ3v) is 7.30. The quantitative estimate of drug-likeness (QED) is 0.484. The molecule has 0 spiro atoms. The molecule has 3 aromatic carbocycles. The fraction of sp³-hybridized carbons (Fsp3) is 0.192. The van der Waals surface area contributed by atoms with Crippen LogP contribution in [0.25, 0.3) is 0 Å². The Bertz CT molecular complexity index is 1380. The van der Waals surface area contributed by atoms with Crippen LogP contribution in [0.5, 0.6) is 5.75 Å². The lowest BCUT2D eigenvalue weighted by atomic mass is 10.1. The lowest BCUT2D eigenvalue weighted by molar-refractivity contribution is -0.119. The first kappa shape index (κ1) is 24.2. The maximum absolute atomic E-state index is 13.5. The van der Waals surface area contributed by atoms with Gasteiger partial charge in [-0.2, -0.15) is 5.10 Å². The van der Waals surface area contributed by atoms with E-state index in [1.807, 2.05) is 13.8 Å². The summed E-state index contributed by atoms with van der Waals surface area (Å²) in [5.74, 6) is -0.161. The second kappa shape index (κ2) is 10.1. The number of hydrazone groups is 1. The fourth-order valence-electron chi connectivity index (χ4n) is 3.74. The van der Waals surface area contributed by atoms with Crippen LogP contribution in [0, 0.1) is 6.92 Å². The van der Waals surface area contributed by atoms with Gasteiger partial charge in [0.05, 0.1) is 29.3 Å². The number of hydrogen-bond acceptors (Lipinski definition) is 6. The van der Waals surface area contributed by atoms with Gasteiger partial charge in [0.25, 0.3) is 15.9 Å². The average molecular weight is 492 g/mol. The van der Waals surface area contributed by atoms with Crippen molar-refractivity contribution in [2.45, 2.75) is 25.2 Å². The number of nitrogens with zero attached hydrogens (tertiary/aromatic N) is 2. The van der Waals surface area contributed by atoms with E-state index in [1.165, 1.54) is 12.1 Å². The first-order valence-corrected chi connectivity index (χ1v) is 12.5. The smallest absolute Gasteiger partial charge is 0.264 e. The molecule has 0 heterocycles. The molecule has 1 aliphatic rings. The monoisotopic (exact) mass is 491 g/mol. The molecule has 1 N–H and O–H groups in total. The van der Waals surface area contributed by atoms with Crippen LogP contribution in [0.3, 0.4) is 0 Å². The molecule has 0 atom stereocenters. The zero-order valence-corrected chi connectivity index (χ0v) is 20.2. The molecule has 0 saturated carbocycles. The van der Waals surface area contributed by atoms with Crippen molar-refractivity contribution >= 4 is 33.1 Å². The van der Waals surface area contributed by atoms with E-state index in [0.717, 1.165) is 9.87 Å². The summed E-state index contributed by atoms with van der Waals surface area (Å²) in [6, 6.07) is 19.9. The fourth-order valence-corrected chi connectivity index (χ4v) is 5.16. The molecule has 0 bridgehead atoms. The number of benzene rings is 3. The van der Waals surface area contributed by atoms with Gasteiger partial charge in [0.15, 0.2) is 5.78 Å². The predicted molar refractivity (Wildman–Crippen MR) is 133 cm³/mol. The van der Waals surface area contributed by atoms with Crippen molar-refractivity contribution in [2.24, 2.45) is 5.10 Å². The zero-order chi connectivity index (χ0) is 25.0. The highest BCUT2D eigenvalue weighted by atomic mass is 32.2. The van der Waals surface area contributed by atoms with Crippen molar-refractivity contribution in [3.05, 3.63) is 89.5 Å². The van der Waals surface area contributed by atoms with Gasteiger partial charge >= 0.3 is 0 Å². The third kappa shape index (κ3) is 5.25. The van der Waals surface area contributed by atoms with Gasteiger partial charge in [0, 0.05) is 11.1 Å². The van der Waals surface area contributed by atoms with Crippen LogP contribution < -0.4 is 14.5 Å². The van der Waals surface area contributed by atoms with Gasteiger partial charge in [-0.1, -0.05) is 42.0 Å². The number of fused-ring (bicyclic) bond motifs is 1. The lowest BCUT2D eigenvalue weighted by Gasteiger charge is -2.24. The van der Waals surface area contributed by atoms with Crippen LogP contribution in [0.15, 0.2) is 82.8 Å². The van der Waals surface area contributed by atoms with Gasteiger partial charge in [-0.15, -0.1) is 0 Å². The minimum atomic E-state index is -4.07. The Balaban J connectivity index is 1.59. The van der Waals surface area contributed by atoms with Crippen LogP contribution in [0.2, 0.25) is 0 Å². The average Bonchev–Trinajstić information content (AvgIpc) is 3.18. The molecule has 0 aliphatic heterocycles. The third-order valence-electron chi connectivity index (χ3n) is 5.51. The number of sulfonamides is 1. The van der Waals surface area contributed by atoms with Crippen LogP contribution in [-0.4, -0.2) is 39.0 Å². The van der Waals surface area contributed by atoms with Crippen molar-refractivity contribution in [3.63, 3.8) is 0 Å². The van der Waals surface area contributed by atoms with Gasteiger partial charge in [-0.3, -0.25) is 13.9 Å². The number of amides is 1. The van der Waals surface area contributed by atoms with Crippen LogP contribution >= 0.6 is 0 Å². The molecule has 180 valence electrons. The summed E-state index contributed by atoms with van der Waals surface area (Å²) in [6.45, 7) is 3.69.